The van der Waals surface area contributed by atoms with Crippen LogP contribution in [0, 0.1) is 51.2 Å². The molecule has 2 aliphatic rings. The number of fused-ring (bicyclic) bond motifs is 1. The van der Waals surface area contributed by atoms with Gasteiger partial charge in [0.2, 0.25) is 5.91 Å². The van der Waals surface area contributed by atoms with E-state index in [4.69, 9.17) is 5.73 Å². The Morgan fingerprint density at radius 1 is 1.25 bits per heavy atom. The molecule has 0 saturated carbocycles. The molecule has 3 rings (SSSR count). The normalized spacial score (nSPS) is 22.9. The molecule has 2 N–H and O–H groups in total. The Balaban J connectivity index is 2.09. The third-order valence-corrected chi connectivity index (χ3v) is 5.87. The summed E-state index contributed by atoms with van der Waals surface area (Å²) >= 11 is 0. The van der Waals surface area contributed by atoms with E-state index in [1.54, 1.807) is 4.90 Å². The monoisotopic (exact) mass is 371 g/mol. The molecule has 1 aromatic rings. The summed E-state index contributed by atoms with van der Waals surface area (Å²) in [6, 6.07) is 16.2. The molecule has 0 bridgehead atoms. The van der Waals surface area contributed by atoms with Gasteiger partial charge in [-0.25, -0.2) is 0 Å². The standard InChI is InChI=1S/C22H21N5O/c1-15(28)27-10-9-17-18(11-23)21(26)22(13-24,14-25)20(19(17)12-27)8-7-16-5-3-2-4-6-16/h2-6,9,19-20H,7-8,10,12,26H2,1H3/t19-,20-/m1/s1. The average Bonchev–Trinajstić information content (AvgIpc) is 2.72. The lowest BCUT2D eigenvalue weighted by Gasteiger charge is -2.45. The molecule has 0 radical (unpaired) electrons. The summed E-state index contributed by atoms with van der Waals surface area (Å²) in [5, 5.41) is 29.6. The van der Waals surface area contributed by atoms with Crippen LogP contribution in [0.2, 0.25) is 0 Å². The van der Waals surface area contributed by atoms with Gasteiger partial charge in [0.25, 0.3) is 0 Å². The summed E-state index contributed by atoms with van der Waals surface area (Å²) in [6.07, 6.45) is 3.07. The van der Waals surface area contributed by atoms with E-state index in [9.17, 15) is 20.6 Å². The van der Waals surface area contributed by atoms with Crippen LogP contribution >= 0.6 is 0 Å². The van der Waals surface area contributed by atoms with Crippen LogP contribution in [0.15, 0.2) is 53.3 Å². The highest BCUT2D eigenvalue weighted by molar-refractivity contribution is 5.74. The van der Waals surface area contributed by atoms with Crippen molar-refractivity contribution in [3.05, 3.63) is 58.8 Å². The minimum Gasteiger partial charge on any atom is -0.399 e. The number of nitriles is 3. The van der Waals surface area contributed by atoms with Crippen LogP contribution in [0.4, 0.5) is 0 Å². The maximum absolute atomic E-state index is 11.9. The second kappa shape index (κ2) is 7.59. The second-order valence-corrected chi connectivity index (χ2v) is 7.25. The fraction of sp³-hybridized carbons (Fsp3) is 0.364. The van der Waals surface area contributed by atoms with Crippen LogP contribution in [0.3, 0.4) is 0 Å². The third kappa shape index (κ3) is 3.02. The van der Waals surface area contributed by atoms with Gasteiger partial charge in [-0.3, -0.25) is 4.79 Å². The van der Waals surface area contributed by atoms with Crippen molar-refractivity contribution in [2.75, 3.05) is 13.1 Å². The molecule has 0 fully saturated rings. The summed E-state index contributed by atoms with van der Waals surface area (Å²) in [6.45, 7) is 2.28. The summed E-state index contributed by atoms with van der Waals surface area (Å²) in [4.78, 5) is 13.6. The lowest BCUT2D eigenvalue weighted by molar-refractivity contribution is -0.129. The van der Waals surface area contributed by atoms with Gasteiger partial charge in [-0.1, -0.05) is 36.4 Å². The first-order valence-electron chi connectivity index (χ1n) is 9.21. The first kappa shape index (κ1) is 19.2. The molecule has 0 saturated heterocycles. The van der Waals surface area contributed by atoms with E-state index >= 15 is 0 Å². The number of nitrogens with zero attached hydrogens (tertiary/aromatic N) is 4. The predicted octanol–water partition coefficient (Wildman–Crippen LogP) is 2.42. The molecule has 1 aromatic carbocycles. The van der Waals surface area contributed by atoms with Crippen LogP contribution in [0.25, 0.3) is 0 Å². The van der Waals surface area contributed by atoms with Gasteiger partial charge in [-0.15, -0.1) is 0 Å². The Morgan fingerprint density at radius 3 is 2.50 bits per heavy atom. The minimum absolute atomic E-state index is 0.0387. The maximum Gasteiger partial charge on any atom is 0.219 e. The van der Waals surface area contributed by atoms with Gasteiger partial charge < -0.3 is 10.6 Å². The van der Waals surface area contributed by atoms with Gasteiger partial charge in [0, 0.05) is 31.8 Å². The van der Waals surface area contributed by atoms with E-state index < -0.39 is 11.3 Å². The number of amides is 1. The van der Waals surface area contributed by atoms with Crippen molar-refractivity contribution < 1.29 is 4.79 Å². The van der Waals surface area contributed by atoms with Crippen LogP contribution in [0.1, 0.15) is 18.9 Å². The van der Waals surface area contributed by atoms with E-state index in [2.05, 4.69) is 18.2 Å². The van der Waals surface area contributed by atoms with Gasteiger partial charge in [-0.2, -0.15) is 15.8 Å². The highest BCUT2D eigenvalue weighted by Gasteiger charge is 2.53. The third-order valence-electron chi connectivity index (χ3n) is 5.87. The molecule has 0 unspecified atom stereocenters. The molecule has 0 spiro atoms. The van der Waals surface area contributed by atoms with Crippen molar-refractivity contribution >= 4 is 5.91 Å². The van der Waals surface area contributed by atoms with Crippen molar-refractivity contribution in [2.45, 2.75) is 19.8 Å². The van der Waals surface area contributed by atoms with Crippen LogP contribution in [0.5, 0.6) is 0 Å². The molecule has 1 aliphatic carbocycles. The smallest absolute Gasteiger partial charge is 0.219 e. The van der Waals surface area contributed by atoms with Gasteiger partial charge in [0.1, 0.15) is 6.07 Å². The highest BCUT2D eigenvalue weighted by atomic mass is 16.2. The van der Waals surface area contributed by atoms with Gasteiger partial charge in [0.15, 0.2) is 5.41 Å². The minimum atomic E-state index is -1.58. The van der Waals surface area contributed by atoms with Crippen molar-refractivity contribution in [1.29, 1.82) is 15.8 Å². The van der Waals surface area contributed by atoms with E-state index in [-0.39, 0.29) is 23.1 Å². The number of allylic oxidation sites excluding steroid dienone is 2. The average molecular weight is 371 g/mol. The van der Waals surface area contributed by atoms with E-state index in [1.165, 1.54) is 6.92 Å². The Morgan fingerprint density at radius 2 is 1.93 bits per heavy atom. The van der Waals surface area contributed by atoms with Crippen molar-refractivity contribution in [1.82, 2.24) is 4.90 Å². The number of carbonyl (C=O) groups excluding carboxylic acids is 1. The van der Waals surface area contributed by atoms with Crippen molar-refractivity contribution in [2.24, 2.45) is 23.0 Å². The summed E-state index contributed by atoms with van der Waals surface area (Å²) in [7, 11) is 0. The molecule has 6 nitrogen and oxygen atoms in total. The fourth-order valence-electron chi connectivity index (χ4n) is 4.33. The molecule has 6 heteroatoms. The molecular formula is C22H21N5O. The second-order valence-electron chi connectivity index (χ2n) is 7.25. The van der Waals surface area contributed by atoms with Crippen LogP contribution in [-0.2, 0) is 11.2 Å². The first-order valence-corrected chi connectivity index (χ1v) is 9.21. The zero-order valence-corrected chi connectivity index (χ0v) is 15.7. The Kier molecular flexibility index (Phi) is 5.21. The molecule has 28 heavy (non-hydrogen) atoms. The number of nitrogens with two attached hydrogens (primary N) is 1. The number of hydrogen-bond donors (Lipinski definition) is 1. The molecule has 1 aliphatic heterocycles. The summed E-state index contributed by atoms with van der Waals surface area (Å²) < 4.78 is 0. The van der Waals surface area contributed by atoms with E-state index in [1.807, 2.05) is 36.4 Å². The Labute approximate surface area is 164 Å². The molecule has 0 aromatic heterocycles. The summed E-state index contributed by atoms with van der Waals surface area (Å²) in [5.74, 6) is -0.756. The topological polar surface area (TPSA) is 118 Å². The molecule has 1 amide bonds. The molecule has 140 valence electrons. The van der Waals surface area contributed by atoms with E-state index in [0.717, 1.165) is 11.1 Å². The number of aryl methyl sites for hydroxylation is 1. The SMILES string of the molecule is CC(=O)N1CC=C2C(C#N)=C(N)C(C#N)(C#N)[C@H](CCc3ccccc3)[C@@H]2C1. The van der Waals surface area contributed by atoms with Gasteiger partial charge in [-0.05, 0) is 24.0 Å². The Hall–Kier alpha value is -3.56. The highest BCUT2D eigenvalue weighted by Crippen LogP contribution is 2.50. The molecule has 1 heterocycles. The molecular weight excluding hydrogens is 350 g/mol. The Bertz CT molecular complexity index is 957. The fourth-order valence-corrected chi connectivity index (χ4v) is 4.33. The number of hydrogen-bond acceptors (Lipinski definition) is 5. The van der Waals surface area contributed by atoms with Crippen molar-refractivity contribution in [3.8, 4) is 18.2 Å². The summed E-state index contributed by atoms with van der Waals surface area (Å²) in [5.41, 5.74) is 6.78. The maximum atomic E-state index is 11.9. The van der Waals surface area contributed by atoms with E-state index in [0.29, 0.717) is 25.9 Å². The number of carbonyl (C=O) groups is 1. The van der Waals surface area contributed by atoms with Crippen molar-refractivity contribution in [3.63, 3.8) is 0 Å². The first-order chi connectivity index (χ1) is 13.5. The lowest BCUT2D eigenvalue weighted by Crippen LogP contribution is -2.50. The van der Waals surface area contributed by atoms with Crippen LogP contribution < -0.4 is 5.73 Å². The number of rotatable bonds is 3. The zero-order chi connectivity index (χ0) is 20.3. The zero-order valence-electron chi connectivity index (χ0n) is 15.7. The van der Waals surface area contributed by atoms with Gasteiger partial charge in [0.05, 0.1) is 23.4 Å². The number of benzene rings is 1. The lowest BCUT2D eigenvalue weighted by atomic mass is 9.58. The quantitative estimate of drug-likeness (QED) is 0.875. The van der Waals surface area contributed by atoms with Crippen LogP contribution in [-0.4, -0.2) is 23.9 Å². The largest absolute Gasteiger partial charge is 0.399 e. The predicted molar refractivity (Wildman–Crippen MR) is 103 cm³/mol. The van der Waals surface area contributed by atoms with Gasteiger partial charge >= 0.3 is 0 Å². The molecule has 2 atom stereocenters.